The second kappa shape index (κ2) is 7.27. The van der Waals surface area contributed by atoms with Crippen LogP contribution in [0.1, 0.15) is 46.5 Å². The molecule has 1 atom stereocenters. The minimum atomic E-state index is -0.984. The lowest BCUT2D eigenvalue weighted by atomic mass is 10.0. The number of carbonyl (C=O) groups is 2. The third-order valence-electron chi connectivity index (χ3n) is 2.62. The molecule has 0 heterocycles. The highest BCUT2D eigenvalue weighted by Crippen LogP contribution is 2.13. The highest BCUT2D eigenvalue weighted by molar-refractivity contribution is 5.83. The fourth-order valence-corrected chi connectivity index (χ4v) is 1.37. The summed E-state index contributed by atoms with van der Waals surface area (Å²) in [4.78, 5) is 22.6. The minimum Gasteiger partial charge on any atom is -0.480 e. The summed E-state index contributed by atoms with van der Waals surface area (Å²) in [7, 11) is 1.53. The predicted molar refractivity (Wildman–Crippen MR) is 64.8 cm³/mol. The lowest BCUT2D eigenvalue weighted by Gasteiger charge is -2.23. The van der Waals surface area contributed by atoms with Gasteiger partial charge in [0.05, 0.1) is 12.0 Å². The zero-order valence-electron chi connectivity index (χ0n) is 11.1. The van der Waals surface area contributed by atoms with E-state index < -0.39 is 17.6 Å². The van der Waals surface area contributed by atoms with E-state index in [0.717, 1.165) is 12.8 Å². The van der Waals surface area contributed by atoms with Crippen LogP contribution in [0, 0.1) is 0 Å². The first-order valence-corrected chi connectivity index (χ1v) is 5.89. The van der Waals surface area contributed by atoms with Gasteiger partial charge in [0.15, 0.2) is 0 Å². The van der Waals surface area contributed by atoms with E-state index in [1.165, 1.54) is 7.11 Å². The molecule has 0 aliphatic heterocycles. The van der Waals surface area contributed by atoms with Crippen LogP contribution in [-0.4, -0.2) is 35.7 Å². The van der Waals surface area contributed by atoms with Crippen molar-refractivity contribution < 1.29 is 19.4 Å². The van der Waals surface area contributed by atoms with E-state index in [-0.39, 0.29) is 12.3 Å². The first-order chi connectivity index (χ1) is 7.82. The van der Waals surface area contributed by atoms with Crippen LogP contribution < -0.4 is 5.32 Å². The van der Waals surface area contributed by atoms with Gasteiger partial charge in [-0.25, -0.2) is 4.79 Å². The first kappa shape index (κ1) is 15.9. The minimum absolute atomic E-state index is 0.152. The van der Waals surface area contributed by atoms with Crippen molar-refractivity contribution in [3.05, 3.63) is 0 Å². The van der Waals surface area contributed by atoms with Crippen LogP contribution in [0.5, 0.6) is 0 Å². The fraction of sp³-hybridized carbons (Fsp3) is 0.833. The first-order valence-electron chi connectivity index (χ1n) is 5.89. The van der Waals surface area contributed by atoms with E-state index >= 15 is 0 Å². The summed E-state index contributed by atoms with van der Waals surface area (Å²) in [6, 6.07) is -0.796. The van der Waals surface area contributed by atoms with Crippen molar-refractivity contribution in [1.29, 1.82) is 0 Å². The normalized spacial score (nSPS) is 13.2. The molecule has 0 aromatic heterocycles. The highest BCUT2D eigenvalue weighted by atomic mass is 16.5. The summed E-state index contributed by atoms with van der Waals surface area (Å²) >= 11 is 0. The molecule has 0 aromatic carbocycles. The molecular formula is C12H23NO4. The van der Waals surface area contributed by atoms with Crippen molar-refractivity contribution in [2.45, 2.75) is 58.1 Å². The van der Waals surface area contributed by atoms with Crippen LogP contribution in [0.4, 0.5) is 0 Å². The van der Waals surface area contributed by atoms with Crippen LogP contribution in [0.25, 0.3) is 0 Å². The van der Waals surface area contributed by atoms with Crippen LogP contribution in [0.2, 0.25) is 0 Å². The Bertz CT molecular complexity index is 263. The van der Waals surface area contributed by atoms with Crippen molar-refractivity contribution in [2.75, 3.05) is 7.11 Å². The average Bonchev–Trinajstić information content (AvgIpc) is 2.23. The number of rotatable bonds is 8. The lowest BCUT2D eigenvalue weighted by molar-refractivity contribution is -0.143. The molecule has 5 heteroatoms. The fourth-order valence-electron chi connectivity index (χ4n) is 1.37. The second-order valence-electron chi connectivity index (χ2n) is 4.74. The average molecular weight is 245 g/mol. The number of amides is 1. The number of carboxylic acids is 1. The molecule has 0 unspecified atom stereocenters. The third kappa shape index (κ3) is 6.94. The molecule has 0 aromatic rings. The SMILES string of the molecule is CCCC[C@H](NC(=O)CC(C)(C)OC)C(=O)O. The standard InChI is InChI=1S/C12H23NO4/c1-5-6-7-9(11(15)16)13-10(14)8-12(2,3)17-4/h9H,5-8H2,1-4H3,(H,13,14)(H,15,16)/t9-/m0/s1. The van der Waals surface area contributed by atoms with Gasteiger partial charge >= 0.3 is 5.97 Å². The van der Waals surface area contributed by atoms with E-state index in [1.807, 2.05) is 6.92 Å². The van der Waals surface area contributed by atoms with Gasteiger partial charge in [0.2, 0.25) is 5.91 Å². The molecular weight excluding hydrogens is 222 g/mol. The number of hydrogen-bond donors (Lipinski definition) is 2. The molecule has 1 amide bonds. The Kier molecular flexibility index (Phi) is 6.80. The second-order valence-corrected chi connectivity index (χ2v) is 4.74. The molecule has 5 nitrogen and oxygen atoms in total. The van der Waals surface area contributed by atoms with Gasteiger partial charge in [-0.05, 0) is 20.3 Å². The maximum atomic E-state index is 11.6. The van der Waals surface area contributed by atoms with E-state index in [4.69, 9.17) is 9.84 Å². The van der Waals surface area contributed by atoms with Gasteiger partial charge in [0.1, 0.15) is 6.04 Å². The molecule has 0 aliphatic carbocycles. The molecule has 0 fully saturated rings. The van der Waals surface area contributed by atoms with Gasteiger partial charge in [-0.15, -0.1) is 0 Å². The molecule has 0 saturated carbocycles. The summed E-state index contributed by atoms with van der Waals surface area (Å²) < 4.78 is 5.12. The Morgan fingerprint density at radius 2 is 2.00 bits per heavy atom. The van der Waals surface area contributed by atoms with Gasteiger partial charge < -0.3 is 15.2 Å². The maximum Gasteiger partial charge on any atom is 0.326 e. The number of methoxy groups -OCH3 is 1. The van der Waals surface area contributed by atoms with Crippen molar-refractivity contribution in [1.82, 2.24) is 5.32 Å². The Morgan fingerprint density at radius 1 is 1.41 bits per heavy atom. The molecule has 0 radical (unpaired) electrons. The van der Waals surface area contributed by atoms with Crippen LogP contribution in [0.15, 0.2) is 0 Å². The number of carboxylic acid groups (broad SMARTS) is 1. The molecule has 0 rings (SSSR count). The van der Waals surface area contributed by atoms with Crippen LogP contribution in [0.3, 0.4) is 0 Å². The van der Waals surface area contributed by atoms with Crippen LogP contribution in [-0.2, 0) is 14.3 Å². The van der Waals surface area contributed by atoms with Crippen molar-refractivity contribution in [3.63, 3.8) is 0 Å². The summed E-state index contributed by atoms with van der Waals surface area (Å²) in [5.41, 5.74) is -0.572. The van der Waals surface area contributed by atoms with E-state index in [2.05, 4.69) is 5.32 Å². The number of aliphatic carboxylic acids is 1. The number of unbranched alkanes of at least 4 members (excludes halogenated alkanes) is 1. The van der Waals surface area contributed by atoms with Gasteiger partial charge in [0.25, 0.3) is 0 Å². The Morgan fingerprint density at radius 3 is 2.41 bits per heavy atom. The monoisotopic (exact) mass is 245 g/mol. The Balaban J connectivity index is 4.26. The molecule has 100 valence electrons. The lowest BCUT2D eigenvalue weighted by Crippen LogP contribution is -2.43. The molecule has 0 aliphatic rings. The zero-order chi connectivity index (χ0) is 13.5. The third-order valence-corrected chi connectivity index (χ3v) is 2.62. The number of hydrogen-bond acceptors (Lipinski definition) is 3. The topological polar surface area (TPSA) is 75.6 Å². The number of nitrogens with one attached hydrogen (secondary N) is 1. The van der Waals surface area contributed by atoms with Crippen molar-refractivity contribution >= 4 is 11.9 Å². The van der Waals surface area contributed by atoms with Gasteiger partial charge in [-0.2, -0.15) is 0 Å². The van der Waals surface area contributed by atoms with Crippen molar-refractivity contribution in [2.24, 2.45) is 0 Å². The molecule has 2 N–H and O–H groups in total. The van der Waals surface area contributed by atoms with E-state index in [0.29, 0.717) is 6.42 Å². The summed E-state index contributed by atoms with van der Waals surface area (Å²) in [6.45, 7) is 5.55. The summed E-state index contributed by atoms with van der Waals surface area (Å²) in [5.74, 6) is -1.28. The van der Waals surface area contributed by atoms with E-state index in [1.54, 1.807) is 13.8 Å². The highest BCUT2D eigenvalue weighted by Gasteiger charge is 2.25. The molecule has 0 bridgehead atoms. The van der Waals surface area contributed by atoms with E-state index in [9.17, 15) is 9.59 Å². The Labute approximate surface area is 103 Å². The van der Waals surface area contributed by atoms with Gasteiger partial charge in [-0.3, -0.25) is 4.79 Å². The smallest absolute Gasteiger partial charge is 0.326 e. The molecule has 17 heavy (non-hydrogen) atoms. The van der Waals surface area contributed by atoms with Crippen LogP contribution >= 0.6 is 0 Å². The number of ether oxygens (including phenoxy) is 1. The quantitative estimate of drug-likeness (QED) is 0.680. The maximum absolute atomic E-state index is 11.6. The molecule has 0 spiro atoms. The largest absolute Gasteiger partial charge is 0.480 e. The van der Waals surface area contributed by atoms with Gasteiger partial charge in [0, 0.05) is 7.11 Å². The van der Waals surface area contributed by atoms with Gasteiger partial charge in [-0.1, -0.05) is 19.8 Å². The predicted octanol–water partition coefficient (Wildman–Crippen LogP) is 1.56. The number of carbonyl (C=O) groups excluding carboxylic acids is 1. The summed E-state index contributed by atoms with van der Waals surface area (Å²) in [6.07, 6.45) is 2.30. The Hall–Kier alpha value is -1.10. The van der Waals surface area contributed by atoms with Crippen molar-refractivity contribution in [3.8, 4) is 0 Å². The molecule has 0 saturated heterocycles. The zero-order valence-corrected chi connectivity index (χ0v) is 11.1. The summed E-state index contributed by atoms with van der Waals surface area (Å²) in [5, 5.41) is 11.5.